The number of hydrogen-bond donors (Lipinski definition) is 2. The molecule has 1 aromatic carbocycles. The van der Waals surface area contributed by atoms with Crippen LogP contribution in [0.15, 0.2) is 18.2 Å². The van der Waals surface area contributed by atoms with Crippen molar-refractivity contribution in [2.24, 2.45) is 0 Å². The summed E-state index contributed by atoms with van der Waals surface area (Å²) in [7, 11) is 1.57. The summed E-state index contributed by atoms with van der Waals surface area (Å²) >= 11 is 5.98. The van der Waals surface area contributed by atoms with Crippen LogP contribution in [0, 0.1) is 0 Å². The van der Waals surface area contributed by atoms with Crippen molar-refractivity contribution in [1.29, 1.82) is 0 Å². The molecule has 3 nitrogen and oxygen atoms in total. The fourth-order valence-corrected chi connectivity index (χ4v) is 1.74. The van der Waals surface area contributed by atoms with Crippen LogP contribution in [-0.4, -0.2) is 25.3 Å². The molecule has 16 heavy (non-hydrogen) atoms. The molecule has 0 saturated heterocycles. The van der Waals surface area contributed by atoms with Crippen LogP contribution in [0.25, 0.3) is 0 Å². The Hall–Kier alpha value is -0.770. The van der Waals surface area contributed by atoms with Gasteiger partial charge in [0.1, 0.15) is 5.75 Å². The van der Waals surface area contributed by atoms with E-state index in [0.29, 0.717) is 17.2 Å². The second-order valence-corrected chi connectivity index (χ2v) is 3.96. The maximum Gasteiger partial charge on any atom is 0.137 e. The molecular weight excluding hydrogens is 226 g/mol. The highest BCUT2D eigenvalue weighted by Gasteiger charge is 2.09. The number of halogens is 1. The molecule has 1 unspecified atom stereocenters. The molecule has 0 aliphatic heterocycles. The largest absolute Gasteiger partial charge is 0.495 e. The molecule has 90 valence electrons. The lowest BCUT2D eigenvalue weighted by molar-refractivity contribution is 0.167. The Morgan fingerprint density at radius 3 is 2.81 bits per heavy atom. The van der Waals surface area contributed by atoms with E-state index in [9.17, 15) is 5.11 Å². The van der Waals surface area contributed by atoms with Crippen LogP contribution in [-0.2, 0) is 0 Å². The molecule has 1 aromatic rings. The molecule has 2 N–H and O–H groups in total. The molecule has 1 rings (SSSR count). The van der Waals surface area contributed by atoms with E-state index in [0.717, 1.165) is 18.7 Å². The Labute approximate surface area is 101 Å². The van der Waals surface area contributed by atoms with E-state index < -0.39 is 6.10 Å². The molecule has 0 fully saturated rings. The fraction of sp³-hybridized carbons (Fsp3) is 0.500. The minimum Gasteiger partial charge on any atom is -0.495 e. The Morgan fingerprint density at radius 2 is 2.25 bits per heavy atom. The summed E-state index contributed by atoms with van der Waals surface area (Å²) in [5, 5.41) is 13.6. The first kappa shape index (κ1) is 13.3. The van der Waals surface area contributed by atoms with Gasteiger partial charge in [-0.15, -0.1) is 0 Å². The van der Waals surface area contributed by atoms with Gasteiger partial charge in [-0.05, 0) is 37.2 Å². The van der Waals surface area contributed by atoms with E-state index in [-0.39, 0.29) is 0 Å². The Balaban J connectivity index is 2.62. The van der Waals surface area contributed by atoms with Gasteiger partial charge in [0.05, 0.1) is 18.2 Å². The normalized spacial score (nSPS) is 12.5. The minimum absolute atomic E-state index is 0.484. The smallest absolute Gasteiger partial charge is 0.137 e. The van der Waals surface area contributed by atoms with Crippen molar-refractivity contribution in [2.45, 2.75) is 19.4 Å². The average molecular weight is 244 g/mol. The van der Waals surface area contributed by atoms with E-state index in [1.54, 1.807) is 19.2 Å². The molecular formula is C12H18ClNO2. The number of nitrogens with one attached hydrogen (secondary N) is 1. The zero-order chi connectivity index (χ0) is 12.0. The van der Waals surface area contributed by atoms with E-state index in [1.807, 2.05) is 13.0 Å². The zero-order valence-electron chi connectivity index (χ0n) is 9.66. The number of rotatable bonds is 6. The van der Waals surface area contributed by atoms with Crippen LogP contribution in [0.2, 0.25) is 5.02 Å². The zero-order valence-corrected chi connectivity index (χ0v) is 10.4. The third-order valence-corrected chi connectivity index (χ3v) is 2.70. The Kier molecular flexibility index (Phi) is 5.60. The summed E-state index contributed by atoms with van der Waals surface area (Å²) in [4.78, 5) is 0. The highest BCUT2D eigenvalue weighted by Crippen LogP contribution is 2.28. The van der Waals surface area contributed by atoms with Gasteiger partial charge in [-0.2, -0.15) is 0 Å². The summed E-state index contributed by atoms with van der Waals surface area (Å²) in [6, 6.07) is 5.35. The number of methoxy groups -OCH3 is 1. The van der Waals surface area contributed by atoms with Crippen molar-refractivity contribution in [3.8, 4) is 5.75 Å². The van der Waals surface area contributed by atoms with Gasteiger partial charge < -0.3 is 15.2 Å². The third-order valence-electron chi connectivity index (χ3n) is 2.41. The van der Waals surface area contributed by atoms with E-state index in [1.165, 1.54) is 0 Å². The first-order chi connectivity index (χ1) is 7.69. The predicted octanol–water partition coefficient (Wildman–Crippen LogP) is 2.38. The van der Waals surface area contributed by atoms with Crippen molar-refractivity contribution in [3.63, 3.8) is 0 Å². The lowest BCUT2D eigenvalue weighted by Crippen LogP contribution is -2.16. The summed E-state index contributed by atoms with van der Waals surface area (Å²) in [5.41, 5.74) is 0.823. The van der Waals surface area contributed by atoms with Gasteiger partial charge in [-0.3, -0.25) is 0 Å². The van der Waals surface area contributed by atoms with E-state index >= 15 is 0 Å². The molecule has 0 aromatic heterocycles. The summed E-state index contributed by atoms with van der Waals surface area (Å²) in [5.74, 6) is 0.629. The summed E-state index contributed by atoms with van der Waals surface area (Å²) in [6.07, 6.45) is 0.193. The van der Waals surface area contributed by atoms with Gasteiger partial charge >= 0.3 is 0 Å². The first-order valence-corrected chi connectivity index (χ1v) is 5.79. The average Bonchev–Trinajstić information content (AvgIpc) is 2.29. The fourth-order valence-electron chi connectivity index (χ4n) is 1.47. The maximum atomic E-state index is 9.90. The summed E-state index contributed by atoms with van der Waals surface area (Å²) < 4.78 is 5.05. The molecule has 0 aliphatic carbocycles. The second-order valence-electron chi connectivity index (χ2n) is 3.55. The number of benzene rings is 1. The highest BCUT2D eigenvalue weighted by atomic mass is 35.5. The van der Waals surface area contributed by atoms with Crippen LogP contribution in [0.3, 0.4) is 0 Å². The molecule has 0 bridgehead atoms. The number of aliphatic hydroxyl groups excluding tert-OH is 1. The quantitative estimate of drug-likeness (QED) is 0.754. The van der Waals surface area contributed by atoms with Gasteiger partial charge in [0, 0.05) is 0 Å². The number of aliphatic hydroxyl groups is 1. The number of ether oxygens (including phenoxy) is 1. The first-order valence-electron chi connectivity index (χ1n) is 5.41. The van der Waals surface area contributed by atoms with Crippen molar-refractivity contribution < 1.29 is 9.84 Å². The lowest BCUT2D eigenvalue weighted by Gasteiger charge is -2.12. The van der Waals surface area contributed by atoms with Gasteiger partial charge in [0.15, 0.2) is 0 Å². The van der Waals surface area contributed by atoms with Crippen molar-refractivity contribution >= 4 is 11.6 Å². The van der Waals surface area contributed by atoms with Crippen LogP contribution in [0.4, 0.5) is 0 Å². The second kappa shape index (κ2) is 6.74. The van der Waals surface area contributed by atoms with E-state index in [2.05, 4.69) is 5.32 Å². The van der Waals surface area contributed by atoms with Crippen LogP contribution in [0.5, 0.6) is 5.75 Å². The van der Waals surface area contributed by atoms with Gasteiger partial charge in [-0.1, -0.05) is 24.6 Å². The SMILES string of the molecule is CCNCCC(O)c1ccc(OC)c(Cl)c1. The molecule has 0 saturated carbocycles. The van der Waals surface area contributed by atoms with E-state index in [4.69, 9.17) is 16.3 Å². The maximum absolute atomic E-state index is 9.90. The minimum atomic E-state index is -0.484. The predicted molar refractivity (Wildman–Crippen MR) is 66.1 cm³/mol. The molecule has 0 aliphatic rings. The molecule has 0 spiro atoms. The van der Waals surface area contributed by atoms with Crippen LogP contribution < -0.4 is 10.1 Å². The lowest BCUT2D eigenvalue weighted by atomic mass is 10.1. The molecule has 4 heteroatoms. The third kappa shape index (κ3) is 3.67. The molecule has 1 atom stereocenters. The molecule has 0 amide bonds. The monoisotopic (exact) mass is 243 g/mol. The van der Waals surface area contributed by atoms with Gasteiger partial charge in [0.2, 0.25) is 0 Å². The molecule has 0 heterocycles. The van der Waals surface area contributed by atoms with Crippen LogP contribution >= 0.6 is 11.6 Å². The Bertz CT molecular complexity index is 331. The topological polar surface area (TPSA) is 41.5 Å². The molecule has 0 radical (unpaired) electrons. The van der Waals surface area contributed by atoms with Crippen molar-refractivity contribution in [3.05, 3.63) is 28.8 Å². The Morgan fingerprint density at radius 1 is 1.50 bits per heavy atom. The van der Waals surface area contributed by atoms with Crippen molar-refractivity contribution in [1.82, 2.24) is 5.32 Å². The highest BCUT2D eigenvalue weighted by molar-refractivity contribution is 6.32. The van der Waals surface area contributed by atoms with Crippen LogP contribution in [0.1, 0.15) is 25.0 Å². The summed E-state index contributed by atoms with van der Waals surface area (Å²) in [6.45, 7) is 3.74. The standard InChI is InChI=1S/C12H18ClNO2/c1-3-14-7-6-11(15)9-4-5-12(16-2)10(13)8-9/h4-5,8,11,14-15H,3,6-7H2,1-2H3. The van der Waals surface area contributed by atoms with Gasteiger partial charge in [-0.25, -0.2) is 0 Å². The van der Waals surface area contributed by atoms with Gasteiger partial charge in [0.25, 0.3) is 0 Å². The van der Waals surface area contributed by atoms with Crippen molar-refractivity contribution in [2.75, 3.05) is 20.2 Å². The number of hydrogen-bond acceptors (Lipinski definition) is 3.